The van der Waals surface area contributed by atoms with Crippen molar-refractivity contribution < 1.29 is 14.6 Å². The quantitative estimate of drug-likeness (QED) is 0.855. The van der Waals surface area contributed by atoms with Crippen molar-refractivity contribution in [2.75, 3.05) is 26.2 Å². The Balaban J connectivity index is 1.58. The fourth-order valence-corrected chi connectivity index (χ4v) is 3.15. The van der Waals surface area contributed by atoms with Gasteiger partial charge in [0.25, 0.3) is 0 Å². The molecule has 25 heavy (non-hydrogen) atoms. The van der Waals surface area contributed by atoms with Crippen molar-refractivity contribution in [3.8, 4) is 5.75 Å². The maximum atomic E-state index is 11.7. The molecule has 6 nitrogen and oxygen atoms in total. The highest BCUT2D eigenvalue weighted by molar-refractivity contribution is 5.25. The lowest BCUT2D eigenvalue weighted by Gasteiger charge is -2.34. The summed E-state index contributed by atoms with van der Waals surface area (Å²) in [6.07, 6.45) is 0. The summed E-state index contributed by atoms with van der Waals surface area (Å²) in [5, 5.41) is 19.0. The summed E-state index contributed by atoms with van der Waals surface area (Å²) >= 11 is 0. The molecule has 3 rings (SSSR count). The molecule has 0 bridgehead atoms. The van der Waals surface area contributed by atoms with Crippen LogP contribution in [0.25, 0.3) is 0 Å². The van der Waals surface area contributed by atoms with Crippen LogP contribution in [-0.4, -0.2) is 46.2 Å². The van der Waals surface area contributed by atoms with Gasteiger partial charge in [-0.15, -0.1) is 0 Å². The number of hydrogen-bond donors (Lipinski definition) is 2. The van der Waals surface area contributed by atoms with Gasteiger partial charge in [0.2, 0.25) is 11.2 Å². The number of benzene rings is 1. The van der Waals surface area contributed by atoms with Crippen molar-refractivity contribution in [2.45, 2.75) is 26.6 Å². The predicted molar refractivity (Wildman–Crippen MR) is 94.3 cm³/mol. The zero-order valence-electron chi connectivity index (χ0n) is 14.4. The number of aromatic hydroxyl groups is 1. The van der Waals surface area contributed by atoms with Crippen LogP contribution in [0.5, 0.6) is 5.75 Å². The largest absolute Gasteiger partial charge is 0.502 e. The Morgan fingerprint density at radius 3 is 2.40 bits per heavy atom. The lowest BCUT2D eigenvalue weighted by Crippen LogP contribution is -2.45. The molecule has 1 aliphatic rings. The van der Waals surface area contributed by atoms with Crippen LogP contribution in [0.3, 0.4) is 0 Å². The lowest BCUT2D eigenvalue weighted by molar-refractivity contribution is 0.112. The average molecular weight is 344 g/mol. The molecule has 0 atom stereocenters. The zero-order valence-corrected chi connectivity index (χ0v) is 14.4. The molecule has 0 spiro atoms. The van der Waals surface area contributed by atoms with Crippen LogP contribution in [-0.2, 0) is 19.7 Å². The van der Waals surface area contributed by atoms with Crippen molar-refractivity contribution in [1.29, 1.82) is 0 Å². The van der Waals surface area contributed by atoms with Crippen LogP contribution in [0.4, 0.5) is 0 Å². The molecule has 6 heteroatoms. The maximum absolute atomic E-state index is 11.7. The molecule has 1 aliphatic heterocycles. The Morgan fingerprint density at radius 2 is 1.76 bits per heavy atom. The monoisotopic (exact) mass is 344 g/mol. The van der Waals surface area contributed by atoms with Gasteiger partial charge in [-0.3, -0.25) is 14.6 Å². The number of aliphatic hydroxyl groups excluding tert-OH is 1. The van der Waals surface area contributed by atoms with Gasteiger partial charge in [0.1, 0.15) is 12.4 Å². The molecule has 1 saturated heterocycles. The average Bonchev–Trinajstić information content (AvgIpc) is 2.60. The first kappa shape index (κ1) is 17.7. The summed E-state index contributed by atoms with van der Waals surface area (Å²) in [7, 11) is 0. The Bertz CT molecular complexity index is 779. The normalized spacial score (nSPS) is 16.2. The summed E-state index contributed by atoms with van der Waals surface area (Å²) in [4.78, 5) is 16.2. The summed E-state index contributed by atoms with van der Waals surface area (Å²) in [5.41, 5.74) is 2.07. The van der Waals surface area contributed by atoms with E-state index in [0.29, 0.717) is 6.54 Å². The second kappa shape index (κ2) is 7.82. The molecular formula is C19H24N2O4. The Kier molecular flexibility index (Phi) is 5.53. The second-order valence-corrected chi connectivity index (χ2v) is 6.55. The molecule has 134 valence electrons. The minimum atomic E-state index is -0.511. The zero-order chi connectivity index (χ0) is 17.8. The van der Waals surface area contributed by atoms with E-state index < -0.39 is 5.43 Å². The SMILES string of the molecule is Cc1cccc(CN2CCN(Cc3oc(CO)cc(=O)c3O)CC2)c1. The van der Waals surface area contributed by atoms with E-state index >= 15 is 0 Å². The highest BCUT2D eigenvalue weighted by Gasteiger charge is 2.20. The third-order valence-electron chi connectivity index (χ3n) is 4.52. The number of rotatable bonds is 5. The number of aryl methyl sites for hydroxylation is 1. The van der Waals surface area contributed by atoms with Crippen LogP contribution in [0.1, 0.15) is 22.6 Å². The van der Waals surface area contributed by atoms with E-state index in [9.17, 15) is 9.90 Å². The summed E-state index contributed by atoms with van der Waals surface area (Å²) < 4.78 is 5.42. The molecule has 1 aromatic carbocycles. The fourth-order valence-electron chi connectivity index (χ4n) is 3.15. The van der Waals surface area contributed by atoms with Gasteiger partial charge in [-0.05, 0) is 12.5 Å². The molecule has 2 N–H and O–H groups in total. The van der Waals surface area contributed by atoms with E-state index in [1.54, 1.807) is 0 Å². The highest BCUT2D eigenvalue weighted by Crippen LogP contribution is 2.18. The molecule has 0 radical (unpaired) electrons. The molecule has 2 aromatic rings. The van der Waals surface area contributed by atoms with Crippen LogP contribution in [0.2, 0.25) is 0 Å². The summed E-state index contributed by atoms with van der Waals surface area (Å²) in [6, 6.07) is 9.66. The first-order valence-electron chi connectivity index (χ1n) is 8.51. The molecule has 2 heterocycles. The van der Waals surface area contributed by atoms with E-state index in [1.165, 1.54) is 11.1 Å². The molecular weight excluding hydrogens is 320 g/mol. The van der Waals surface area contributed by atoms with Crippen molar-refractivity contribution in [3.63, 3.8) is 0 Å². The smallest absolute Gasteiger partial charge is 0.227 e. The Hall–Kier alpha value is -2.15. The van der Waals surface area contributed by atoms with Crippen LogP contribution >= 0.6 is 0 Å². The molecule has 0 unspecified atom stereocenters. The van der Waals surface area contributed by atoms with Crippen LogP contribution < -0.4 is 5.43 Å². The molecule has 1 fully saturated rings. The number of hydrogen-bond acceptors (Lipinski definition) is 6. The van der Waals surface area contributed by atoms with Gasteiger partial charge in [-0.25, -0.2) is 0 Å². The predicted octanol–water partition coefficient (Wildman–Crippen LogP) is 1.46. The van der Waals surface area contributed by atoms with E-state index in [4.69, 9.17) is 9.52 Å². The van der Waals surface area contributed by atoms with Gasteiger partial charge in [0.05, 0.1) is 6.54 Å². The van der Waals surface area contributed by atoms with Gasteiger partial charge in [-0.2, -0.15) is 0 Å². The standard InChI is InChI=1S/C19H24N2O4/c1-14-3-2-4-15(9-14)11-20-5-7-21(8-6-20)12-18-19(24)17(23)10-16(13-22)25-18/h2-4,9-10,22,24H,5-8,11-13H2,1H3. The third kappa shape index (κ3) is 4.48. The second-order valence-electron chi connectivity index (χ2n) is 6.55. The minimum absolute atomic E-state index is 0.177. The van der Waals surface area contributed by atoms with Crippen molar-refractivity contribution >= 4 is 0 Å². The number of piperazine rings is 1. The highest BCUT2D eigenvalue weighted by atomic mass is 16.4. The molecule has 0 saturated carbocycles. The van der Waals surface area contributed by atoms with Gasteiger partial charge in [0.15, 0.2) is 5.76 Å². The Labute approximate surface area is 146 Å². The van der Waals surface area contributed by atoms with Gasteiger partial charge >= 0.3 is 0 Å². The topological polar surface area (TPSA) is 77.2 Å². The van der Waals surface area contributed by atoms with Gasteiger partial charge < -0.3 is 14.6 Å². The van der Waals surface area contributed by atoms with E-state index in [0.717, 1.165) is 38.8 Å². The van der Waals surface area contributed by atoms with E-state index in [-0.39, 0.29) is 23.9 Å². The van der Waals surface area contributed by atoms with Gasteiger partial charge in [0, 0.05) is 38.8 Å². The van der Waals surface area contributed by atoms with E-state index in [1.807, 2.05) is 0 Å². The van der Waals surface area contributed by atoms with Gasteiger partial charge in [-0.1, -0.05) is 29.8 Å². The van der Waals surface area contributed by atoms with E-state index in [2.05, 4.69) is 41.0 Å². The van der Waals surface area contributed by atoms with Crippen LogP contribution in [0.15, 0.2) is 39.5 Å². The lowest BCUT2D eigenvalue weighted by atomic mass is 10.1. The van der Waals surface area contributed by atoms with Crippen LogP contribution in [0, 0.1) is 6.92 Å². The minimum Gasteiger partial charge on any atom is -0.502 e. The fraction of sp³-hybridized carbons (Fsp3) is 0.421. The molecule has 0 amide bonds. The third-order valence-corrected chi connectivity index (χ3v) is 4.52. The number of aliphatic hydroxyl groups is 1. The van der Waals surface area contributed by atoms with Crippen molar-refractivity contribution in [2.24, 2.45) is 0 Å². The van der Waals surface area contributed by atoms with Crippen molar-refractivity contribution in [3.05, 3.63) is 63.2 Å². The Morgan fingerprint density at radius 1 is 1.08 bits per heavy atom. The maximum Gasteiger partial charge on any atom is 0.227 e. The molecule has 0 aliphatic carbocycles. The first-order chi connectivity index (χ1) is 12.0. The summed E-state index contributed by atoms with van der Waals surface area (Å²) in [5.74, 6) is 0.0407. The first-order valence-corrected chi connectivity index (χ1v) is 8.51. The van der Waals surface area contributed by atoms with Crippen molar-refractivity contribution in [1.82, 2.24) is 9.80 Å². The summed E-state index contributed by atoms with van der Waals surface area (Å²) in [6.45, 7) is 6.53. The molecule has 1 aromatic heterocycles. The number of nitrogens with zero attached hydrogens (tertiary/aromatic N) is 2.